The first-order valence-electron chi connectivity index (χ1n) is 9.31. The summed E-state index contributed by atoms with van der Waals surface area (Å²) in [6, 6.07) is 14.3. The van der Waals surface area contributed by atoms with Crippen LogP contribution in [-0.2, 0) is 14.9 Å². The Morgan fingerprint density at radius 2 is 1.73 bits per heavy atom. The first kappa shape index (κ1) is 22.9. The van der Waals surface area contributed by atoms with E-state index < -0.39 is 10.0 Å². The van der Waals surface area contributed by atoms with Crippen LogP contribution in [0.5, 0.6) is 11.5 Å². The van der Waals surface area contributed by atoms with Crippen molar-refractivity contribution in [1.82, 2.24) is 5.48 Å². The first-order valence-corrected chi connectivity index (χ1v) is 11.9. The number of hydroxylamine groups is 1. The van der Waals surface area contributed by atoms with E-state index in [1.807, 2.05) is 0 Å². The summed E-state index contributed by atoms with van der Waals surface area (Å²) in [6.07, 6.45) is 0. The van der Waals surface area contributed by atoms with E-state index in [0.29, 0.717) is 32.8 Å². The number of carbonyl (C=O) groups is 1. The molecule has 13 heteroatoms. The maximum atomic E-state index is 12.5. The molecule has 0 radical (unpaired) electrons. The van der Waals surface area contributed by atoms with Crippen LogP contribution in [0.3, 0.4) is 0 Å². The molecule has 1 aliphatic rings. The van der Waals surface area contributed by atoms with Gasteiger partial charge in [-0.1, -0.05) is 11.6 Å². The van der Waals surface area contributed by atoms with Crippen LogP contribution in [0.2, 0.25) is 4.34 Å². The minimum atomic E-state index is -4.00. The standard InChI is InChI=1S/C20H17ClN4O6S2/c1-29-24-20(25-33(27,28)18-9-8-17(21)32-18)23-14-5-3-13(4-6-14)22-19(26)12-2-7-15-16(10-12)31-11-30-15/h2-10H,11H2,1H3,(H,22,26)(H2,23,24,25). The molecule has 0 atom stereocenters. The molecule has 0 fully saturated rings. The topological polar surface area (TPSA) is 127 Å². The number of benzene rings is 2. The molecule has 3 N–H and O–H groups in total. The molecule has 1 amide bonds. The summed E-state index contributed by atoms with van der Waals surface area (Å²) in [5.74, 6) is 0.630. The van der Waals surface area contributed by atoms with Crippen LogP contribution in [0.4, 0.5) is 11.4 Å². The highest BCUT2D eigenvalue weighted by Crippen LogP contribution is 2.32. The van der Waals surface area contributed by atoms with Crippen molar-refractivity contribution in [3.05, 3.63) is 64.5 Å². The Morgan fingerprint density at radius 1 is 1.03 bits per heavy atom. The van der Waals surface area contributed by atoms with E-state index in [4.69, 9.17) is 25.9 Å². The number of carbonyl (C=O) groups excluding carboxylic acids is 1. The Balaban J connectivity index is 1.45. The van der Waals surface area contributed by atoms with Crippen molar-refractivity contribution in [3.63, 3.8) is 0 Å². The summed E-state index contributed by atoms with van der Waals surface area (Å²) in [7, 11) is -2.68. The van der Waals surface area contributed by atoms with Gasteiger partial charge in [0.1, 0.15) is 4.21 Å². The monoisotopic (exact) mass is 508 g/mol. The number of nitrogens with zero attached hydrogens (tertiary/aromatic N) is 1. The maximum Gasteiger partial charge on any atom is 0.295 e. The number of thiophene rings is 1. The maximum absolute atomic E-state index is 12.5. The average Bonchev–Trinajstić information content (AvgIpc) is 3.43. The highest BCUT2D eigenvalue weighted by molar-refractivity contribution is 7.92. The van der Waals surface area contributed by atoms with Gasteiger partial charge in [-0.25, -0.2) is 5.48 Å². The lowest BCUT2D eigenvalue weighted by Crippen LogP contribution is -2.30. The van der Waals surface area contributed by atoms with Gasteiger partial charge in [-0.05, 0) is 54.6 Å². The second-order valence-corrected chi connectivity index (χ2v) is 10.1. The van der Waals surface area contributed by atoms with Crippen molar-refractivity contribution in [1.29, 1.82) is 0 Å². The lowest BCUT2D eigenvalue weighted by Gasteiger charge is -2.11. The van der Waals surface area contributed by atoms with E-state index in [1.54, 1.807) is 42.5 Å². The quantitative estimate of drug-likeness (QED) is 0.261. The molecule has 0 unspecified atom stereocenters. The predicted molar refractivity (Wildman–Crippen MR) is 125 cm³/mol. The largest absolute Gasteiger partial charge is 0.454 e. The van der Waals surface area contributed by atoms with Gasteiger partial charge < -0.3 is 20.1 Å². The molecule has 2 aromatic carbocycles. The number of fused-ring (bicyclic) bond motifs is 1. The Morgan fingerprint density at radius 3 is 2.39 bits per heavy atom. The lowest BCUT2D eigenvalue weighted by atomic mass is 10.2. The van der Waals surface area contributed by atoms with Crippen LogP contribution in [0.15, 0.2) is 63.2 Å². The van der Waals surface area contributed by atoms with Gasteiger partial charge in [0.05, 0.1) is 11.4 Å². The molecule has 0 saturated heterocycles. The smallest absolute Gasteiger partial charge is 0.295 e. The molecule has 3 aromatic rings. The van der Waals surface area contributed by atoms with Crippen LogP contribution in [0.25, 0.3) is 0 Å². The number of nitrogens with one attached hydrogen (secondary N) is 3. The first-order chi connectivity index (χ1) is 15.8. The van der Waals surface area contributed by atoms with Crippen LogP contribution < -0.4 is 25.6 Å². The molecule has 2 heterocycles. The van der Waals surface area contributed by atoms with Crippen molar-refractivity contribution in [2.75, 3.05) is 24.5 Å². The fraction of sp³-hybridized carbons (Fsp3) is 0.100. The van der Waals surface area contributed by atoms with Crippen LogP contribution in [0, 0.1) is 0 Å². The fourth-order valence-corrected chi connectivity index (χ4v) is 5.15. The molecule has 0 bridgehead atoms. The number of hydrogen-bond acceptors (Lipinski definition) is 7. The zero-order chi connectivity index (χ0) is 23.4. The van der Waals surface area contributed by atoms with Gasteiger partial charge in [0.2, 0.25) is 12.8 Å². The zero-order valence-electron chi connectivity index (χ0n) is 17.0. The van der Waals surface area contributed by atoms with Crippen molar-refractivity contribution < 1.29 is 27.5 Å². The summed E-state index contributed by atoms with van der Waals surface area (Å²) in [5.41, 5.74) is 3.84. The van der Waals surface area contributed by atoms with Gasteiger partial charge in [-0.2, -0.15) is 8.42 Å². The average molecular weight is 509 g/mol. The van der Waals surface area contributed by atoms with Gasteiger partial charge in [0.15, 0.2) is 11.5 Å². The summed E-state index contributed by atoms with van der Waals surface area (Å²) in [5, 5.41) is 5.59. The second-order valence-electron chi connectivity index (χ2n) is 6.50. The molecule has 1 aromatic heterocycles. The summed E-state index contributed by atoms with van der Waals surface area (Å²) >= 11 is 6.71. The number of rotatable bonds is 6. The number of halogens is 1. The van der Waals surface area contributed by atoms with Crippen LogP contribution >= 0.6 is 22.9 Å². The van der Waals surface area contributed by atoms with E-state index in [1.165, 1.54) is 19.2 Å². The fourth-order valence-electron chi connectivity index (χ4n) is 2.78. The van der Waals surface area contributed by atoms with Crippen LogP contribution in [0.1, 0.15) is 10.4 Å². The van der Waals surface area contributed by atoms with Gasteiger partial charge in [0.25, 0.3) is 15.9 Å². The normalized spacial score (nSPS) is 13.0. The summed E-state index contributed by atoms with van der Waals surface area (Å²) in [6.45, 7) is 0.125. The molecule has 0 spiro atoms. The highest BCUT2D eigenvalue weighted by Gasteiger charge is 2.18. The molecule has 4 rings (SSSR count). The molecule has 33 heavy (non-hydrogen) atoms. The minimum Gasteiger partial charge on any atom is -0.454 e. The second kappa shape index (κ2) is 9.67. The Labute approximate surface area is 198 Å². The third-order valence-corrected chi connectivity index (χ3v) is 7.23. The van der Waals surface area contributed by atoms with Crippen molar-refractivity contribution in [2.45, 2.75) is 4.21 Å². The highest BCUT2D eigenvalue weighted by atomic mass is 35.5. The third-order valence-electron chi connectivity index (χ3n) is 4.25. The van der Waals surface area contributed by atoms with Gasteiger partial charge in [-0.3, -0.25) is 9.63 Å². The van der Waals surface area contributed by atoms with Crippen molar-refractivity contribution in [3.8, 4) is 11.5 Å². The molecule has 10 nitrogen and oxygen atoms in total. The predicted octanol–water partition coefficient (Wildman–Crippen LogP) is 3.69. The third kappa shape index (κ3) is 5.54. The van der Waals surface area contributed by atoms with Crippen molar-refractivity contribution >= 4 is 56.2 Å². The minimum absolute atomic E-state index is 0.00807. The van der Waals surface area contributed by atoms with Gasteiger partial charge in [-0.15, -0.1) is 15.7 Å². The summed E-state index contributed by atoms with van der Waals surface area (Å²) in [4.78, 5) is 17.3. The Kier molecular flexibility index (Phi) is 6.70. The van der Waals surface area contributed by atoms with E-state index in [2.05, 4.69) is 20.5 Å². The number of sulfonamides is 1. The number of guanidine groups is 1. The van der Waals surface area contributed by atoms with Gasteiger partial charge in [0, 0.05) is 16.9 Å². The number of anilines is 2. The Hall–Kier alpha value is -3.32. The molecular formula is C20H17ClN4O6S2. The number of ether oxygens (including phenoxy) is 2. The van der Waals surface area contributed by atoms with E-state index >= 15 is 0 Å². The van der Waals surface area contributed by atoms with Crippen LogP contribution in [-0.4, -0.2) is 34.2 Å². The zero-order valence-corrected chi connectivity index (χ0v) is 19.4. The molecular weight excluding hydrogens is 492 g/mol. The molecule has 172 valence electrons. The van der Waals surface area contributed by atoms with E-state index in [0.717, 1.165) is 11.3 Å². The van der Waals surface area contributed by atoms with E-state index in [-0.39, 0.29) is 22.9 Å². The SMILES string of the molecule is CON/C(=N\S(=O)(=O)c1ccc(Cl)s1)Nc1ccc(NC(=O)c2ccc3c(c2)OCO3)cc1. The lowest BCUT2D eigenvalue weighted by molar-refractivity contribution is 0.102. The molecule has 0 saturated carbocycles. The van der Waals surface area contributed by atoms with E-state index in [9.17, 15) is 13.2 Å². The summed E-state index contributed by atoms with van der Waals surface area (Å²) < 4.78 is 39.5. The molecule has 1 aliphatic heterocycles. The molecule has 0 aliphatic carbocycles. The van der Waals surface area contributed by atoms with Gasteiger partial charge >= 0.3 is 0 Å². The number of hydrogen-bond donors (Lipinski definition) is 3. The van der Waals surface area contributed by atoms with Crippen molar-refractivity contribution in [2.24, 2.45) is 4.40 Å². The Bertz CT molecular complexity index is 1310. The number of amides is 1.